The molecule has 0 bridgehead atoms. The molecule has 0 fully saturated rings. The number of urea groups is 1. The highest BCUT2D eigenvalue weighted by atomic mass is 35.5. The number of amides is 2. The van der Waals surface area contributed by atoms with Gasteiger partial charge in [-0.2, -0.15) is 0 Å². The highest BCUT2D eigenvalue weighted by Crippen LogP contribution is 2.22. The summed E-state index contributed by atoms with van der Waals surface area (Å²) in [5, 5.41) is 5.63. The number of para-hydroxylation sites is 1. The van der Waals surface area contributed by atoms with Gasteiger partial charge in [0.15, 0.2) is 0 Å². The molecule has 0 saturated heterocycles. The summed E-state index contributed by atoms with van der Waals surface area (Å²) in [5.41, 5.74) is 0.00876. The summed E-state index contributed by atoms with van der Waals surface area (Å²) in [6, 6.07) is 5.59. The molecule has 6 heteroatoms. The summed E-state index contributed by atoms with van der Waals surface area (Å²) < 4.78 is 4.71. The van der Waals surface area contributed by atoms with Crippen LogP contribution in [0.5, 0.6) is 0 Å². The van der Waals surface area contributed by atoms with E-state index in [2.05, 4.69) is 10.6 Å². The monoisotopic (exact) mass is 298 g/mol. The predicted molar refractivity (Wildman–Crippen MR) is 78.9 cm³/mol. The fraction of sp³-hybridized carbons (Fsp3) is 0.429. The molecule has 0 heterocycles. The molecule has 5 nitrogen and oxygen atoms in total. The number of hydrogen-bond donors (Lipinski definition) is 2. The highest BCUT2D eigenvalue weighted by Gasteiger charge is 2.33. The van der Waals surface area contributed by atoms with Gasteiger partial charge in [-0.25, -0.2) is 9.59 Å². The van der Waals surface area contributed by atoms with Crippen molar-refractivity contribution in [1.29, 1.82) is 0 Å². The van der Waals surface area contributed by atoms with Crippen LogP contribution in [0.2, 0.25) is 5.02 Å². The van der Waals surface area contributed by atoms with Crippen LogP contribution in [-0.2, 0) is 9.53 Å². The second kappa shape index (κ2) is 6.61. The molecule has 2 amide bonds. The number of carbonyl (C=O) groups excluding carboxylic acids is 2. The van der Waals surface area contributed by atoms with Crippen LogP contribution in [0.3, 0.4) is 0 Å². The van der Waals surface area contributed by atoms with E-state index in [0.29, 0.717) is 10.7 Å². The third-order valence-electron chi connectivity index (χ3n) is 2.70. The van der Waals surface area contributed by atoms with E-state index >= 15 is 0 Å². The number of halogens is 1. The second-order valence-electron chi connectivity index (χ2n) is 5.40. The summed E-state index contributed by atoms with van der Waals surface area (Å²) in [4.78, 5) is 23.7. The minimum Gasteiger partial charge on any atom is -0.467 e. The molecular formula is C14H19ClN2O3. The van der Waals surface area contributed by atoms with Crippen molar-refractivity contribution in [2.24, 2.45) is 5.41 Å². The van der Waals surface area contributed by atoms with Gasteiger partial charge >= 0.3 is 12.0 Å². The molecule has 110 valence electrons. The molecule has 0 aliphatic carbocycles. The van der Waals surface area contributed by atoms with Gasteiger partial charge in [-0.15, -0.1) is 0 Å². The minimum atomic E-state index is -0.755. The number of esters is 1. The number of hydrogen-bond acceptors (Lipinski definition) is 3. The van der Waals surface area contributed by atoms with E-state index in [0.717, 1.165) is 0 Å². The Kier molecular flexibility index (Phi) is 5.39. The lowest BCUT2D eigenvalue weighted by Gasteiger charge is -2.29. The topological polar surface area (TPSA) is 67.4 Å². The number of ether oxygens (including phenoxy) is 1. The molecule has 1 aromatic rings. The van der Waals surface area contributed by atoms with Crippen molar-refractivity contribution in [2.45, 2.75) is 26.8 Å². The molecule has 1 atom stereocenters. The molecule has 1 rings (SSSR count). The highest BCUT2D eigenvalue weighted by molar-refractivity contribution is 6.33. The normalized spacial score (nSPS) is 12.4. The Balaban J connectivity index is 2.78. The number of rotatable bonds is 3. The standard InChI is InChI=1S/C14H19ClN2O3/c1-14(2,3)11(12(18)20-4)17-13(19)16-10-8-6-5-7-9(10)15/h5-8,11H,1-4H3,(H2,16,17,19). The summed E-state index contributed by atoms with van der Waals surface area (Å²) in [7, 11) is 1.29. The van der Waals surface area contributed by atoms with Crippen molar-refractivity contribution in [2.75, 3.05) is 12.4 Å². The molecule has 0 radical (unpaired) electrons. The first-order valence-corrected chi connectivity index (χ1v) is 6.53. The minimum absolute atomic E-state index is 0.424. The number of carbonyl (C=O) groups is 2. The Bertz CT molecular complexity index is 497. The Hall–Kier alpha value is -1.75. The number of benzene rings is 1. The zero-order valence-corrected chi connectivity index (χ0v) is 12.7. The van der Waals surface area contributed by atoms with Gasteiger partial charge in [0, 0.05) is 0 Å². The van der Waals surface area contributed by atoms with Crippen LogP contribution >= 0.6 is 11.6 Å². The average molecular weight is 299 g/mol. The van der Waals surface area contributed by atoms with Gasteiger partial charge in [0.25, 0.3) is 0 Å². The largest absolute Gasteiger partial charge is 0.467 e. The maximum absolute atomic E-state index is 12.0. The van der Waals surface area contributed by atoms with Gasteiger partial charge in [0.2, 0.25) is 0 Å². The van der Waals surface area contributed by atoms with Gasteiger partial charge in [-0.1, -0.05) is 44.5 Å². The van der Waals surface area contributed by atoms with Gasteiger partial charge < -0.3 is 15.4 Å². The van der Waals surface area contributed by atoms with Crippen LogP contribution in [0.4, 0.5) is 10.5 Å². The second-order valence-corrected chi connectivity index (χ2v) is 5.81. The smallest absolute Gasteiger partial charge is 0.328 e. The summed E-state index contributed by atoms with van der Waals surface area (Å²) in [6.07, 6.45) is 0. The molecular weight excluding hydrogens is 280 g/mol. The molecule has 0 saturated carbocycles. The van der Waals surface area contributed by atoms with Crippen molar-refractivity contribution >= 4 is 29.3 Å². The Morgan fingerprint density at radius 1 is 1.25 bits per heavy atom. The quantitative estimate of drug-likeness (QED) is 0.843. The first kappa shape index (κ1) is 16.3. The molecule has 0 aliphatic rings. The molecule has 1 unspecified atom stereocenters. The van der Waals surface area contributed by atoms with Crippen LogP contribution in [0.25, 0.3) is 0 Å². The van der Waals surface area contributed by atoms with Gasteiger partial charge in [0.1, 0.15) is 6.04 Å². The summed E-state index contributed by atoms with van der Waals surface area (Å²) in [6.45, 7) is 5.51. The van der Waals surface area contributed by atoms with Gasteiger partial charge in [-0.05, 0) is 17.5 Å². The fourth-order valence-corrected chi connectivity index (χ4v) is 1.78. The zero-order valence-electron chi connectivity index (χ0n) is 12.0. The van der Waals surface area contributed by atoms with Crippen molar-refractivity contribution < 1.29 is 14.3 Å². The van der Waals surface area contributed by atoms with Gasteiger partial charge in [-0.3, -0.25) is 0 Å². The van der Waals surface area contributed by atoms with Crippen molar-refractivity contribution in [3.05, 3.63) is 29.3 Å². The van der Waals surface area contributed by atoms with Crippen LogP contribution in [-0.4, -0.2) is 25.2 Å². The summed E-state index contributed by atoms with van der Waals surface area (Å²) >= 11 is 5.95. The first-order valence-electron chi connectivity index (χ1n) is 6.15. The van der Waals surface area contributed by atoms with E-state index in [1.54, 1.807) is 24.3 Å². The van der Waals surface area contributed by atoms with Crippen molar-refractivity contribution in [3.8, 4) is 0 Å². The van der Waals surface area contributed by atoms with Crippen molar-refractivity contribution in [3.63, 3.8) is 0 Å². The summed E-state index contributed by atoms with van der Waals surface area (Å²) in [5.74, 6) is -0.494. The number of methoxy groups -OCH3 is 1. The first-order chi connectivity index (χ1) is 9.25. The van der Waals surface area contributed by atoms with E-state index < -0.39 is 23.5 Å². The average Bonchev–Trinajstić information content (AvgIpc) is 2.36. The maximum Gasteiger partial charge on any atom is 0.328 e. The van der Waals surface area contributed by atoms with Crippen LogP contribution in [0.1, 0.15) is 20.8 Å². The van der Waals surface area contributed by atoms with E-state index in [4.69, 9.17) is 16.3 Å². The number of anilines is 1. The van der Waals surface area contributed by atoms with E-state index in [9.17, 15) is 9.59 Å². The third kappa shape index (κ3) is 4.42. The Labute approximate surface area is 123 Å². The lowest BCUT2D eigenvalue weighted by atomic mass is 9.87. The molecule has 0 aliphatic heterocycles. The van der Waals surface area contributed by atoms with Crippen LogP contribution < -0.4 is 10.6 Å². The SMILES string of the molecule is COC(=O)C(NC(=O)Nc1ccccc1Cl)C(C)(C)C. The fourth-order valence-electron chi connectivity index (χ4n) is 1.60. The zero-order chi connectivity index (χ0) is 15.3. The predicted octanol–water partition coefficient (Wildman–Crippen LogP) is 3.05. The molecule has 0 aromatic heterocycles. The molecule has 0 spiro atoms. The maximum atomic E-state index is 12.0. The van der Waals surface area contributed by atoms with E-state index in [1.165, 1.54) is 7.11 Å². The number of nitrogens with one attached hydrogen (secondary N) is 2. The molecule has 2 N–H and O–H groups in total. The van der Waals surface area contributed by atoms with Crippen molar-refractivity contribution in [1.82, 2.24) is 5.32 Å². The lowest BCUT2D eigenvalue weighted by Crippen LogP contribution is -2.51. The molecule has 1 aromatic carbocycles. The Morgan fingerprint density at radius 2 is 1.85 bits per heavy atom. The molecule has 20 heavy (non-hydrogen) atoms. The van der Waals surface area contributed by atoms with Crippen LogP contribution in [0, 0.1) is 5.41 Å². The van der Waals surface area contributed by atoms with E-state index in [-0.39, 0.29) is 0 Å². The van der Waals surface area contributed by atoms with E-state index in [1.807, 2.05) is 20.8 Å². The Morgan fingerprint density at radius 3 is 2.35 bits per heavy atom. The van der Waals surface area contributed by atoms with Crippen LogP contribution in [0.15, 0.2) is 24.3 Å². The van der Waals surface area contributed by atoms with Gasteiger partial charge in [0.05, 0.1) is 17.8 Å². The lowest BCUT2D eigenvalue weighted by molar-refractivity contribution is -0.145. The third-order valence-corrected chi connectivity index (χ3v) is 3.03.